The lowest BCUT2D eigenvalue weighted by atomic mass is 10.1. The highest BCUT2D eigenvalue weighted by molar-refractivity contribution is 5.95. The number of halogens is 2. The molecule has 2 aromatic rings. The van der Waals surface area contributed by atoms with Gasteiger partial charge in [0.2, 0.25) is 0 Å². The molecule has 4 nitrogen and oxygen atoms in total. The fourth-order valence-electron chi connectivity index (χ4n) is 3.03. The number of anilines is 1. The molecule has 2 aromatic carbocycles. The Hall–Kier alpha value is -1.75. The third-order valence-electron chi connectivity index (χ3n) is 4.26. The minimum atomic E-state index is 0. The van der Waals surface area contributed by atoms with E-state index in [0.29, 0.717) is 11.3 Å². The summed E-state index contributed by atoms with van der Waals surface area (Å²) in [4.78, 5) is 17.0. The molecule has 0 spiro atoms. The SMILES string of the molecule is Cl.Cl.Nc1cccc(C(=O)N2CCCN(Cc3ccccc3)CC2)c1. The predicted octanol–water partition coefficient (Wildman–Crippen LogP) is 3.46. The van der Waals surface area contributed by atoms with Crippen LogP contribution in [0.2, 0.25) is 0 Å². The molecule has 0 unspecified atom stereocenters. The van der Waals surface area contributed by atoms with Crippen molar-refractivity contribution in [2.45, 2.75) is 13.0 Å². The van der Waals surface area contributed by atoms with E-state index in [1.54, 1.807) is 12.1 Å². The van der Waals surface area contributed by atoms with E-state index < -0.39 is 0 Å². The van der Waals surface area contributed by atoms with E-state index in [4.69, 9.17) is 5.73 Å². The normalized spacial score (nSPS) is 14.8. The molecule has 0 atom stereocenters. The van der Waals surface area contributed by atoms with Crippen LogP contribution in [0.4, 0.5) is 5.69 Å². The van der Waals surface area contributed by atoms with Crippen LogP contribution in [0.5, 0.6) is 0 Å². The maximum Gasteiger partial charge on any atom is 0.253 e. The first-order valence-electron chi connectivity index (χ1n) is 8.13. The first-order chi connectivity index (χ1) is 11.2. The van der Waals surface area contributed by atoms with Crippen molar-refractivity contribution in [3.63, 3.8) is 0 Å². The number of hydrogen-bond donors (Lipinski definition) is 1. The van der Waals surface area contributed by atoms with Crippen LogP contribution in [-0.4, -0.2) is 41.9 Å². The monoisotopic (exact) mass is 381 g/mol. The third-order valence-corrected chi connectivity index (χ3v) is 4.26. The maximum absolute atomic E-state index is 12.6. The second-order valence-corrected chi connectivity index (χ2v) is 6.03. The van der Waals surface area contributed by atoms with E-state index in [1.807, 2.05) is 23.1 Å². The molecule has 0 aromatic heterocycles. The Labute approximate surface area is 161 Å². The van der Waals surface area contributed by atoms with E-state index in [0.717, 1.165) is 39.1 Å². The Kier molecular flexibility index (Phi) is 8.76. The predicted molar refractivity (Wildman–Crippen MR) is 108 cm³/mol. The zero-order valence-corrected chi connectivity index (χ0v) is 15.8. The molecule has 1 aliphatic rings. The van der Waals surface area contributed by atoms with E-state index in [2.05, 4.69) is 29.2 Å². The molecule has 3 rings (SSSR count). The van der Waals surface area contributed by atoms with Gasteiger partial charge in [0.25, 0.3) is 5.91 Å². The van der Waals surface area contributed by atoms with Gasteiger partial charge in [0.15, 0.2) is 0 Å². The maximum atomic E-state index is 12.6. The number of nitrogen functional groups attached to an aromatic ring is 1. The van der Waals surface area contributed by atoms with Gasteiger partial charge in [-0.15, -0.1) is 24.8 Å². The van der Waals surface area contributed by atoms with Crippen LogP contribution in [0.1, 0.15) is 22.3 Å². The standard InChI is InChI=1S/C19H23N3O.2ClH/c20-18-9-4-8-17(14-18)19(23)22-11-5-10-21(12-13-22)15-16-6-2-1-3-7-16;;/h1-4,6-9,14H,5,10-13,15,20H2;2*1H. The van der Waals surface area contributed by atoms with Crippen LogP contribution in [-0.2, 0) is 6.54 Å². The molecule has 0 aliphatic carbocycles. The average molecular weight is 382 g/mol. The van der Waals surface area contributed by atoms with Crippen LogP contribution in [0.15, 0.2) is 54.6 Å². The van der Waals surface area contributed by atoms with Gasteiger partial charge in [0, 0.05) is 44.0 Å². The van der Waals surface area contributed by atoms with E-state index >= 15 is 0 Å². The van der Waals surface area contributed by atoms with Crippen LogP contribution in [0.3, 0.4) is 0 Å². The zero-order chi connectivity index (χ0) is 16.1. The van der Waals surface area contributed by atoms with Gasteiger partial charge in [-0.1, -0.05) is 36.4 Å². The molecule has 6 heteroatoms. The number of carbonyl (C=O) groups excluding carboxylic acids is 1. The molecule has 2 N–H and O–H groups in total. The smallest absolute Gasteiger partial charge is 0.253 e. The Bertz CT molecular complexity index is 667. The summed E-state index contributed by atoms with van der Waals surface area (Å²) in [5, 5.41) is 0. The quantitative estimate of drug-likeness (QED) is 0.828. The Balaban J connectivity index is 0.00000156. The molecule has 1 saturated heterocycles. The Morgan fingerprint density at radius 1 is 0.920 bits per heavy atom. The summed E-state index contributed by atoms with van der Waals surface area (Å²) < 4.78 is 0. The largest absolute Gasteiger partial charge is 0.399 e. The van der Waals surface area contributed by atoms with E-state index in [-0.39, 0.29) is 30.7 Å². The lowest BCUT2D eigenvalue weighted by Gasteiger charge is -2.22. The summed E-state index contributed by atoms with van der Waals surface area (Å²) >= 11 is 0. The van der Waals surface area contributed by atoms with Gasteiger partial charge >= 0.3 is 0 Å². The number of nitrogens with zero attached hydrogens (tertiary/aromatic N) is 2. The van der Waals surface area contributed by atoms with E-state index in [1.165, 1.54) is 5.56 Å². The van der Waals surface area contributed by atoms with Crippen LogP contribution < -0.4 is 5.73 Å². The van der Waals surface area contributed by atoms with Crippen molar-refractivity contribution >= 4 is 36.4 Å². The lowest BCUT2D eigenvalue weighted by molar-refractivity contribution is 0.0761. The summed E-state index contributed by atoms with van der Waals surface area (Å²) in [6.07, 6.45) is 1.00. The van der Waals surface area contributed by atoms with Crippen molar-refractivity contribution in [3.8, 4) is 0 Å². The molecule has 1 fully saturated rings. The number of hydrogen-bond acceptors (Lipinski definition) is 3. The molecule has 0 radical (unpaired) electrons. The van der Waals surface area contributed by atoms with E-state index in [9.17, 15) is 4.79 Å². The molecule has 1 aliphatic heterocycles. The lowest BCUT2D eigenvalue weighted by Crippen LogP contribution is -2.35. The number of amides is 1. The summed E-state index contributed by atoms with van der Waals surface area (Å²) in [6, 6.07) is 17.7. The van der Waals surface area contributed by atoms with Crippen LogP contribution in [0, 0.1) is 0 Å². The third kappa shape index (κ3) is 5.92. The average Bonchev–Trinajstić information content (AvgIpc) is 2.81. The van der Waals surface area contributed by atoms with Gasteiger partial charge in [-0.3, -0.25) is 9.69 Å². The van der Waals surface area contributed by atoms with Crippen molar-refractivity contribution in [1.82, 2.24) is 9.80 Å². The summed E-state index contributed by atoms with van der Waals surface area (Å²) in [7, 11) is 0. The highest BCUT2D eigenvalue weighted by Gasteiger charge is 2.20. The number of rotatable bonds is 3. The zero-order valence-electron chi connectivity index (χ0n) is 14.1. The van der Waals surface area contributed by atoms with Crippen LogP contribution in [0.25, 0.3) is 0 Å². The van der Waals surface area contributed by atoms with Gasteiger partial charge in [0.05, 0.1) is 0 Å². The molecule has 0 bridgehead atoms. The fraction of sp³-hybridized carbons (Fsp3) is 0.316. The fourth-order valence-corrected chi connectivity index (χ4v) is 3.03. The molecule has 1 heterocycles. The molecular weight excluding hydrogens is 357 g/mol. The number of carbonyl (C=O) groups is 1. The van der Waals surface area contributed by atoms with Crippen molar-refractivity contribution < 1.29 is 4.79 Å². The first kappa shape index (κ1) is 21.3. The molecule has 25 heavy (non-hydrogen) atoms. The number of benzene rings is 2. The van der Waals surface area contributed by atoms with Gasteiger partial charge in [-0.2, -0.15) is 0 Å². The summed E-state index contributed by atoms with van der Waals surface area (Å²) in [5.41, 5.74) is 8.43. The number of nitrogens with two attached hydrogens (primary N) is 1. The minimum absolute atomic E-state index is 0. The molecular formula is C19H25Cl2N3O. The first-order valence-corrected chi connectivity index (χ1v) is 8.13. The van der Waals surface area contributed by atoms with Gasteiger partial charge in [-0.05, 0) is 30.2 Å². The van der Waals surface area contributed by atoms with Crippen molar-refractivity contribution in [2.75, 3.05) is 31.9 Å². The van der Waals surface area contributed by atoms with Gasteiger partial charge in [-0.25, -0.2) is 0 Å². The second kappa shape index (κ2) is 10.3. The van der Waals surface area contributed by atoms with Crippen LogP contribution >= 0.6 is 24.8 Å². The van der Waals surface area contributed by atoms with Crippen molar-refractivity contribution in [1.29, 1.82) is 0 Å². The minimum Gasteiger partial charge on any atom is -0.399 e. The Morgan fingerprint density at radius 2 is 1.68 bits per heavy atom. The van der Waals surface area contributed by atoms with Crippen molar-refractivity contribution in [2.24, 2.45) is 0 Å². The topological polar surface area (TPSA) is 49.6 Å². The van der Waals surface area contributed by atoms with Crippen molar-refractivity contribution in [3.05, 3.63) is 65.7 Å². The summed E-state index contributed by atoms with van der Waals surface area (Å²) in [5.74, 6) is 0.0823. The van der Waals surface area contributed by atoms with Gasteiger partial charge < -0.3 is 10.6 Å². The van der Waals surface area contributed by atoms with Gasteiger partial charge in [0.1, 0.15) is 0 Å². The molecule has 136 valence electrons. The Morgan fingerprint density at radius 3 is 2.40 bits per heavy atom. The summed E-state index contributed by atoms with van der Waals surface area (Å²) in [6.45, 7) is 4.44. The highest BCUT2D eigenvalue weighted by Crippen LogP contribution is 2.13. The molecule has 0 saturated carbocycles. The second-order valence-electron chi connectivity index (χ2n) is 6.03. The molecule has 1 amide bonds. The highest BCUT2D eigenvalue weighted by atomic mass is 35.5.